The molecule has 16 heavy (non-hydrogen) atoms. The van der Waals surface area contributed by atoms with Crippen LogP contribution in [0.1, 0.15) is 10.4 Å². The minimum Gasteiger partial charge on any atom is -0.375 e. The molecule has 2 rings (SSSR count). The second kappa shape index (κ2) is 4.53. The van der Waals surface area contributed by atoms with E-state index in [4.69, 9.17) is 0 Å². The molecule has 1 aromatic carbocycles. The molecule has 0 atom stereocenters. The standard InChI is InChI=1S/C12H13N3O/c1-13-11-7-9(8-14-11)12(16)15-10-5-3-2-4-6-10/h2-8,13-14H,1H3,(H,15,16). The Labute approximate surface area is 93.7 Å². The van der Waals surface area contributed by atoms with E-state index in [0.717, 1.165) is 11.5 Å². The van der Waals surface area contributed by atoms with Gasteiger partial charge in [0.25, 0.3) is 5.91 Å². The molecule has 4 heteroatoms. The lowest BCUT2D eigenvalue weighted by Gasteiger charge is -2.02. The van der Waals surface area contributed by atoms with E-state index in [0.29, 0.717) is 5.56 Å². The lowest BCUT2D eigenvalue weighted by molar-refractivity contribution is 0.102. The van der Waals surface area contributed by atoms with Crippen LogP contribution in [-0.2, 0) is 0 Å². The van der Waals surface area contributed by atoms with E-state index in [-0.39, 0.29) is 5.91 Å². The highest BCUT2D eigenvalue weighted by Crippen LogP contribution is 2.11. The van der Waals surface area contributed by atoms with Crippen LogP contribution in [-0.4, -0.2) is 17.9 Å². The zero-order valence-corrected chi connectivity index (χ0v) is 8.95. The Balaban J connectivity index is 2.09. The van der Waals surface area contributed by atoms with Crippen LogP contribution in [0.3, 0.4) is 0 Å². The summed E-state index contributed by atoms with van der Waals surface area (Å²) >= 11 is 0. The van der Waals surface area contributed by atoms with Gasteiger partial charge in [-0.25, -0.2) is 0 Å². The predicted molar refractivity (Wildman–Crippen MR) is 64.7 cm³/mol. The van der Waals surface area contributed by atoms with Gasteiger partial charge in [-0.2, -0.15) is 0 Å². The molecule has 0 bridgehead atoms. The minimum absolute atomic E-state index is 0.121. The maximum absolute atomic E-state index is 11.8. The van der Waals surface area contributed by atoms with Crippen molar-refractivity contribution in [2.24, 2.45) is 0 Å². The van der Waals surface area contributed by atoms with E-state index in [2.05, 4.69) is 15.6 Å². The highest BCUT2D eigenvalue weighted by Gasteiger charge is 2.07. The Morgan fingerprint density at radius 3 is 2.62 bits per heavy atom. The molecule has 1 aromatic heterocycles. The van der Waals surface area contributed by atoms with Gasteiger partial charge in [-0.3, -0.25) is 4.79 Å². The Morgan fingerprint density at radius 2 is 2.00 bits per heavy atom. The number of anilines is 2. The minimum atomic E-state index is -0.121. The number of para-hydroxylation sites is 1. The number of carbonyl (C=O) groups excluding carboxylic acids is 1. The molecule has 3 N–H and O–H groups in total. The summed E-state index contributed by atoms with van der Waals surface area (Å²) in [7, 11) is 1.80. The third-order valence-electron chi connectivity index (χ3n) is 2.25. The van der Waals surface area contributed by atoms with E-state index < -0.39 is 0 Å². The zero-order chi connectivity index (χ0) is 11.4. The van der Waals surface area contributed by atoms with Crippen molar-refractivity contribution in [2.45, 2.75) is 0 Å². The molecule has 4 nitrogen and oxygen atoms in total. The summed E-state index contributed by atoms with van der Waals surface area (Å²) < 4.78 is 0. The quantitative estimate of drug-likeness (QED) is 0.735. The van der Waals surface area contributed by atoms with E-state index in [1.807, 2.05) is 30.3 Å². The van der Waals surface area contributed by atoms with E-state index >= 15 is 0 Å². The second-order valence-corrected chi connectivity index (χ2v) is 3.37. The Kier molecular flexibility index (Phi) is 2.91. The summed E-state index contributed by atoms with van der Waals surface area (Å²) in [6.07, 6.45) is 1.67. The molecule has 2 aromatic rings. The van der Waals surface area contributed by atoms with Gasteiger partial charge in [-0.1, -0.05) is 18.2 Å². The number of H-pyrrole nitrogens is 1. The summed E-state index contributed by atoms with van der Waals surface area (Å²) in [5.74, 6) is 0.696. The van der Waals surface area contributed by atoms with E-state index in [1.165, 1.54) is 0 Å². The van der Waals surface area contributed by atoms with Crippen molar-refractivity contribution in [1.82, 2.24) is 4.98 Å². The van der Waals surface area contributed by atoms with Gasteiger partial charge in [0.1, 0.15) is 5.82 Å². The topological polar surface area (TPSA) is 56.9 Å². The molecule has 0 saturated carbocycles. The Bertz CT molecular complexity index is 476. The van der Waals surface area contributed by atoms with Crippen molar-refractivity contribution in [3.8, 4) is 0 Å². The molecule has 0 unspecified atom stereocenters. The highest BCUT2D eigenvalue weighted by atomic mass is 16.1. The molecule has 1 amide bonds. The molecule has 0 radical (unpaired) electrons. The van der Waals surface area contributed by atoms with Crippen molar-refractivity contribution in [3.05, 3.63) is 48.2 Å². The monoisotopic (exact) mass is 215 g/mol. The Morgan fingerprint density at radius 1 is 1.25 bits per heavy atom. The van der Waals surface area contributed by atoms with E-state index in [9.17, 15) is 4.79 Å². The van der Waals surface area contributed by atoms with Gasteiger partial charge in [-0.15, -0.1) is 0 Å². The van der Waals surface area contributed by atoms with Crippen molar-refractivity contribution in [3.63, 3.8) is 0 Å². The largest absolute Gasteiger partial charge is 0.375 e. The molecule has 0 aliphatic rings. The molecule has 0 saturated heterocycles. The van der Waals surface area contributed by atoms with E-state index in [1.54, 1.807) is 19.3 Å². The summed E-state index contributed by atoms with van der Waals surface area (Å²) in [6.45, 7) is 0. The number of rotatable bonds is 3. The summed E-state index contributed by atoms with van der Waals surface area (Å²) in [6, 6.07) is 11.1. The molecular formula is C12H13N3O. The first-order chi connectivity index (χ1) is 7.79. The average molecular weight is 215 g/mol. The van der Waals surface area contributed by atoms with Crippen LogP contribution < -0.4 is 10.6 Å². The van der Waals surface area contributed by atoms with Crippen LogP contribution in [0.4, 0.5) is 11.5 Å². The van der Waals surface area contributed by atoms with Crippen LogP contribution in [0.25, 0.3) is 0 Å². The zero-order valence-electron chi connectivity index (χ0n) is 8.95. The fourth-order valence-electron chi connectivity index (χ4n) is 1.39. The van der Waals surface area contributed by atoms with Gasteiger partial charge < -0.3 is 15.6 Å². The van der Waals surface area contributed by atoms with Crippen molar-refractivity contribution >= 4 is 17.4 Å². The first kappa shape index (κ1) is 10.3. The molecular weight excluding hydrogens is 202 g/mol. The van der Waals surface area contributed by atoms with Crippen molar-refractivity contribution in [2.75, 3.05) is 17.7 Å². The summed E-state index contributed by atoms with van der Waals surface area (Å²) in [4.78, 5) is 14.7. The number of nitrogens with one attached hydrogen (secondary N) is 3. The van der Waals surface area contributed by atoms with Gasteiger partial charge in [0, 0.05) is 18.9 Å². The third kappa shape index (κ3) is 2.23. The predicted octanol–water partition coefficient (Wildman–Crippen LogP) is 2.31. The number of aromatic nitrogens is 1. The maximum atomic E-state index is 11.8. The van der Waals surface area contributed by atoms with Crippen LogP contribution in [0.15, 0.2) is 42.6 Å². The smallest absolute Gasteiger partial charge is 0.257 e. The lowest BCUT2D eigenvalue weighted by atomic mass is 10.3. The number of amides is 1. The van der Waals surface area contributed by atoms with Crippen LogP contribution >= 0.6 is 0 Å². The number of benzene rings is 1. The molecule has 82 valence electrons. The van der Waals surface area contributed by atoms with Crippen LogP contribution in [0.2, 0.25) is 0 Å². The summed E-state index contributed by atoms with van der Waals surface area (Å²) in [5.41, 5.74) is 1.40. The van der Waals surface area contributed by atoms with Gasteiger partial charge in [-0.05, 0) is 18.2 Å². The normalized spacial score (nSPS) is 9.81. The molecule has 0 fully saturated rings. The number of aromatic amines is 1. The second-order valence-electron chi connectivity index (χ2n) is 3.37. The average Bonchev–Trinajstić information content (AvgIpc) is 2.79. The molecule has 0 aliphatic carbocycles. The van der Waals surface area contributed by atoms with Gasteiger partial charge in [0.05, 0.1) is 5.56 Å². The molecule has 0 aliphatic heterocycles. The fraction of sp³-hybridized carbons (Fsp3) is 0.0833. The first-order valence-electron chi connectivity index (χ1n) is 5.02. The van der Waals surface area contributed by atoms with Gasteiger partial charge >= 0.3 is 0 Å². The van der Waals surface area contributed by atoms with Crippen LogP contribution in [0.5, 0.6) is 0 Å². The molecule has 0 spiro atoms. The fourth-order valence-corrected chi connectivity index (χ4v) is 1.39. The number of hydrogen-bond donors (Lipinski definition) is 3. The summed E-state index contributed by atoms with van der Waals surface area (Å²) in [5, 5.41) is 5.74. The number of hydrogen-bond acceptors (Lipinski definition) is 2. The SMILES string of the molecule is CNc1cc(C(=O)Nc2ccccc2)c[nH]1. The maximum Gasteiger partial charge on any atom is 0.257 e. The lowest BCUT2D eigenvalue weighted by Crippen LogP contribution is -2.10. The van der Waals surface area contributed by atoms with Crippen molar-refractivity contribution < 1.29 is 4.79 Å². The Hall–Kier alpha value is -2.23. The third-order valence-corrected chi connectivity index (χ3v) is 2.25. The highest BCUT2D eigenvalue weighted by molar-refractivity contribution is 6.04. The first-order valence-corrected chi connectivity index (χ1v) is 5.02. The molecule has 1 heterocycles. The number of carbonyl (C=O) groups is 1. The van der Waals surface area contributed by atoms with Crippen molar-refractivity contribution in [1.29, 1.82) is 0 Å². The van der Waals surface area contributed by atoms with Crippen LogP contribution in [0, 0.1) is 0 Å². The van der Waals surface area contributed by atoms with Gasteiger partial charge in [0.15, 0.2) is 0 Å². The van der Waals surface area contributed by atoms with Gasteiger partial charge in [0.2, 0.25) is 0 Å².